The fourth-order valence-corrected chi connectivity index (χ4v) is 2.08. The number of morpholine rings is 1. The van der Waals surface area contributed by atoms with E-state index in [0.29, 0.717) is 6.54 Å². The van der Waals surface area contributed by atoms with Crippen LogP contribution in [0.2, 0.25) is 0 Å². The van der Waals surface area contributed by atoms with Crippen molar-refractivity contribution in [2.45, 2.75) is 13.0 Å². The summed E-state index contributed by atoms with van der Waals surface area (Å²) in [5, 5.41) is 10.8. The summed E-state index contributed by atoms with van der Waals surface area (Å²) < 4.78 is 5.26. The minimum atomic E-state index is -0.388. The lowest BCUT2D eigenvalue weighted by Crippen LogP contribution is -2.42. The van der Waals surface area contributed by atoms with Crippen molar-refractivity contribution in [2.75, 3.05) is 32.8 Å². The van der Waals surface area contributed by atoms with Crippen molar-refractivity contribution in [3.63, 3.8) is 0 Å². The summed E-state index contributed by atoms with van der Waals surface area (Å²) in [6.45, 7) is 5.53. The van der Waals surface area contributed by atoms with Gasteiger partial charge in [0.15, 0.2) is 10.3 Å². The van der Waals surface area contributed by atoms with Crippen LogP contribution in [0.3, 0.4) is 0 Å². The highest BCUT2D eigenvalue weighted by molar-refractivity contribution is 8.28. The third-order valence-electron chi connectivity index (χ3n) is 2.15. The smallest absolute Gasteiger partial charge is 0.193 e. The zero-order chi connectivity index (χ0) is 10.7. The van der Waals surface area contributed by atoms with E-state index in [0.717, 1.165) is 36.6 Å². The van der Waals surface area contributed by atoms with Gasteiger partial charge in [-0.3, -0.25) is 4.99 Å². The van der Waals surface area contributed by atoms with E-state index in [9.17, 15) is 0 Å². The third kappa shape index (κ3) is 2.93. The molecule has 0 aromatic heterocycles. The lowest BCUT2D eigenvalue weighted by Gasteiger charge is -2.32. The van der Waals surface area contributed by atoms with Crippen LogP contribution in [0.4, 0.5) is 0 Å². The Balaban J connectivity index is 1.82. The molecule has 6 heteroatoms. The molecule has 2 rings (SSSR count). The van der Waals surface area contributed by atoms with Gasteiger partial charge in [-0.15, -0.1) is 0 Å². The van der Waals surface area contributed by atoms with Crippen LogP contribution >= 0.6 is 11.8 Å². The average molecular weight is 229 g/mol. The molecular formula is C9H15N3O2S. The van der Waals surface area contributed by atoms with Gasteiger partial charge in [0.1, 0.15) is 0 Å². The highest BCUT2D eigenvalue weighted by Gasteiger charge is 2.24. The Morgan fingerprint density at radius 3 is 2.87 bits per heavy atom. The van der Waals surface area contributed by atoms with Gasteiger partial charge in [0, 0.05) is 13.1 Å². The van der Waals surface area contributed by atoms with Gasteiger partial charge in [0.2, 0.25) is 0 Å². The molecule has 0 aromatic rings. The van der Waals surface area contributed by atoms with Gasteiger partial charge >= 0.3 is 0 Å². The average Bonchev–Trinajstić information content (AvgIpc) is 2.16. The SMILES string of the molecule is CC(O)CN=C1N=C(N2CCOCC2)S1. The number of hydrogen-bond donors (Lipinski definition) is 1. The Bertz CT molecular complexity index is 285. The van der Waals surface area contributed by atoms with Crippen LogP contribution in [0.25, 0.3) is 0 Å². The van der Waals surface area contributed by atoms with Gasteiger partial charge < -0.3 is 14.7 Å². The van der Waals surface area contributed by atoms with Crippen LogP contribution in [0.5, 0.6) is 0 Å². The number of nitrogens with zero attached hydrogens (tertiary/aromatic N) is 3. The van der Waals surface area contributed by atoms with E-state index in [-0.39, 0.29) is 6.10 Å². The number of aliphatic hydroxyl groups excluding tert-OH is 1. The van der Waals surface area contributed by atoms with Crippen molar-refractivity contribution in [3.8, 4) is 0 Å². The van der Waals surface area contributed by atoms with Gasteiger partial charge in [-0.2, -0.15) is 4.99 Å². The summed E-state index contributed by atoms with van der Waals surface area (Å²) in [4.78, 5) is 10.7. The van der Waals surface area contributed by atoms with Crippen molar-refractivity contribution >= 4 is 22.1 Å². The van der Waals surface area contributed by atoms with Crippen LogP contribution in [-0.2, 0) is 4.74 Å². The lowest BCUT2D eigenvalue weighted by molar-refractivity contribution is 0.0693. The molecule has 1 unspecified atom stereocenters. The minimum absolute atomic E-state index is 0.388. The number of hydrogen-bond acceptors (Lipinski definition) is 5. The quantitative estimate of drug-likeness (QED) is 0.732. The van der Waals surface area contributed by atoms with Crippen molar-refractivity contribution in [1.82, 2.24) is 4.90 Å². The molecule has 0 aliphatic carbocycles. The van der Waals surface area contributed by atoms with Gasteiger partial charge in [0.25, 0.3) is 0 Å². The molecule has 5 nitrogen and oxygen atoms in total. The highest BCUT2D eigenvalue weighted by Crippen LogP contribution is 2.23. The molecular weight excluding hydrogens is 214 g/mol. The molecule has 2 aliphatic rings. The number of aliphatic imine (C=N–C) groups is 2. The summed E-state index contributed by atoms with van der Waals surface area (Å²) in [6.07, 6.45) is -0.388. The first kappa shape index (κ1) is 10.9. The maximum absolute atomic E-state index is 9.04. The standard InChI is InChI=1S/C9H15N3O2S/c1-7(13)6-10-8-11-9(15-8)12-2-4-14-5-3-12/h7,13H,2-6H2,1H3. The van der Waals surface area contributed by atoms with E-state index >= 15 is 0 Å². The van der Waals surface area contributed by atoms with Gasteiger partial charge in [-0.05, 0) is 18.7 Å². The highest BCUT2D eigenvalue weighted by atomic mass is 32.2. The van der Waals surface area contributed by atoms with E-state index in [1.54, 1.807) is 18.7 Å². The first-order valence-electron chi connectivity index (χ1n) is 5.07. The number of ether oxygens (including phenoxy) is 1. The van der Waals surface area contributed by atoms with Crippen LogP contribution in [-0.4, -0.2) is 59.3 Å². The third-order valence-corrected chi connectivity index (χ3v) is 3.08. The molecule has 2 heterocycles. The Hall–Kier alpha value is -0.590. The van der Waals surface area contributed by atoms with Gasteiger partial charge in [-0.1, -0.05) is 0 Å². The molecule has 0 bridgehead atoms. The van der Waals surface area contributed by atoms with Gasteiger partial charge in [0.05, 0.1) is 25.9 Å². The summed E-state index contributed by atoms with van der Waals surface area (Å²) >= 11 is 1.58. The molecule has 1 atom stereocenters. The molecule has 1 fully saturated rings. The molecule has 1 N–H and O–H groups in total. The summed E-state index contributed by atoms with van der Waals surface area (Å²) in [5.41, 5.74) is 0. The second-order valence-corrected chi connectivity index (χ2v) is 4.50. The molecule has 0 spiro atoms. The van der Waals surface area contributed by atoms with Crippen molar-refractivity contribution in [3.05, 3.63) is 0 Å². The van der Waals surface area contributed by atoms with Crippen molar-refractivity contribution in [1.29, 1.82) is 0 Å². The summed E-state index contributed by atoms with van der Waals surface area (Å²) in [6, 6.07) is 0. The van der Waals surface area contributed by atoms with E-state index in [2.05, 4.69) is 14.9 Å². The van der Waals surface area contributed by atoms with Crippen LogP contribution < -0.4 is 0 Å². The fraction of sp³-hybridized carbons (Fsp3) is 0.778. The number of rotatable bonds is 2. The number of amidine groups is 2. The molecule has 1 saturated heterocycles. The largest absolute Gasteiger partial charge is 0.391 e. The first-order valence-corrected chi connectivity index (χ1v) is 5.89. The zero-order valence-electron chi connectivity index (χ0n) is 8.72. The van der Waals surface area contributed by atoms with Crippen LogP contribution in [0.15, 0.2) is 9.98 Å². The monoisotopic (exact) mass is 229 g/mol. The topological polar surface area (TPSA) is 57.4 Å². The normalized spacial score (nSPS) is 26.1. The first-order chi connectivity index (χ1) is 7.25. The molecule has 0 amide bonds. The number of aliphatic hydroxyl groups is 1. The Labute approximate surface area is 93.2 Å². The van der Waals surface area contributed by atoms with Crippen molar-refractivity contribution in [2.24, 2.45) is 9.98 Å². The van der Waals surface area contributed by atoms with Crippen molar-refractivity contribution < 1.29 is 9.84 Å². The molecule has 2 aliphatic heterocycles. The van der Waals surface area contributed by atoms with Gasteiger partial charge in [-0.25, -0.2) is 0 Å². The Morgan fingerprint density at radius 2 is 2.27 bits per heavy atom. The Morgan fingerprint density at radius 1 is 1.60 bits per heavy atom. The van der Waals surface area contributed by atoms with E-state index in [1.165, 1.54) is 0 Å². The molecule has 15 heavy (non-hydrogen) atoms. The summed E-state index contributed by atoms with van der Waals surface area (Å²) in [7, 11) is 0. The zero-order valence-corrected chi connectivity index (χ0v) is 9.53. The molecule has 0 radical (unpaired) electrons. The van der Waals surface area contributed by atoms with E-state index < -0.39 is 0 Å². The summed E-state index contributed by atoms with van der Waals surface area (Å²) in [5.74, 6) is 0. The second-order valence-electron chi connectivity index (χ2n) is 3.57. The molecule has 84 valence electrons. The maximum atomic E-state index is 9.04. The maximum Gasteiger partial charge on any atom is 0.193 e. The lowest BCUT2D eigenvalue weighted by atomic mass is 10.4. The number of thioether (sulfide) groups is 1. The predicted octanol–water partition coefficient (Wildman–Crippen LogP) is 0.158. The van der Waals surface area contributed by atoms with E-state index in [1.807, 2.05) is 0 Å². The van der Waals surface area contributed by atoms with E-state index in [4.69, 9.17) is 9.84 Å². The Kier molecular flexibility index (Phi) is 3.61. The second kappa shape index (κ2) is 4.96. The van der Waals surface area contributed by atoms with Crippen LogP contribution in [0.1, 0.15) is 6.92 Å². The molecule has 0 saturated carbocycles. The minimum Gasteiger partial charge on any atom is -0.391 e. The predicted molar refractivity (Wildman–Crippen MR) is 61.4 cm³/mol. The fourth-order valence-electron chi connectivity index (χ4n) is 1.34. The van der Waals surface area contributed by atoms with Crippen LogP contribution in [0, 0.1) is 0 Å². The molecule has 0 aromatic carbocycles.